The Kier molecular flexibility index (Phi) is 2.10. The fourth-order valence-electron chi connectivity index (χ4n) is 1.57. The van der Waals surface area contributed by atoms with Gasteiger partial charge < -0.3 is 10.5 Å². The fourth-order valence-corrected chi connectivity index (χ4v) is 1.57. The van der Waals surface area contributed by atoms with Crippen molar-refractivity contribution in [2.75, 3.05) is 6.61 Å². The topological polar surface area (TPSA) is 59.0 Å². The molecular weight excluding hydrogens is 183 g/mol. The van der Waals surface area contributed by atoms with Gasteiger partial charge in [0, 0.05) is 18.0 Å². The predicted molar refractivity (Wildman–Crippen MR) is 48.2 cm³/mol. The van der Waals surface area contributed by atoms with Gasteiger partial charge in [-0.15, -0.1) is 0 Å². The van der Waals surface area contributed by atoms with E-state index in [1.807, 2.05) is 0 Å². The molecule has 0 fully saturated rings. The van der Waals surface area contributed by atoms with Crippen molar-refractivity contribution in [1.82, 2.24) is 0 Å². The Labute approximate surface area is 80.9 Å². The molecule has 1 aromatic carbocycles. The molecule has 0 saturated heterocycles. The summed E-state index contributed by atoms with van der Waals surface area (Å²) in [6.07, 6.45) is 0.582. The number of nitrogens with two attached hydrogens (primary N) is 1. The van der Waals surface area contributed by atoms with Gasteiger partial charge in [0.15, 0.2) is 0 Å². The molecule has 4 heteroatoms. The first-order valence-corrected chi connectivity index (χ1v) is 4.35. The highest BCUT2D eigenvalue weighted by molar-refractivity contribution is 5.46. The second-order valence-corrected chi connectivity index (χ2v) is 3.19. The number of rotatable bonds is 0. The van der Waals surface area contributed by atoms with Crippen molar-refractivity contribution < 1.29 is 9.13 Å². The highest BCUT2D eigenvalue weighted by Gasteiger charge is 2.23. The lowest BCUT2D eigenvalue weighted by atomic mass is 9.98. The van der Waals surface area contributed by atoms with Crippen LogP contribution in [0.2, 0.25) is 0 Å². The lowest BCUT2D eigenvalue weighted by Gasteiger charge is -2.23. The van der Waals surface area contributed by atoms with Gasteiger partial charge in [-0.25, -0.2) is 4.39 Å². The van der Waals surface area contributed by atoms with Gasteiger partial charge >= 0.3 is 0 Å². The van der Waals surface area contributed by atoms with E-state index >= 15 is 0 Å². The highest BCUT2D eigenvalue weighted by atomic mass is 19.1. The molecule has 1 heterocycles. The third-order valence-electron chi connectivity index (χ3n) is 2.32. The first kappa shape index (κ1) is 8.97. The molecule has 1 aliphatic rings. The maximum atomic E-state index is 13.6. The normalized spacial score (nSPS) is 19.4. The summed E-state index contributed by atoms with van der Waals surface area (Å²) in [5.41, 5.74) is 6.09. The molecule has 1 aliphatic heterocycles. The zero-order chi connectivity index (χ0) is 10.1. The van der Waals surface area contributed by atoms with Crippen molar-refractivity contribution in [2.24, 2.45) is 5.73 Å². The minimum absolute atomic E-state index is 0.0182. The minimum atomic E-state index is -0.544. The van der Waals surface area contributed by atoms with Crippen LogP contribution in [0.1, 0.15) is 23.6 Å². The first-order valence-electron chi connectivity index (χ1n) is 4.35. The first-order chi connectivity index (χ1) is 6.74. The monoisotopic (exact) mass is 192 g/mol. The van der Waals surface area contributed by atoms with Crippen molar-refractivity contribution in [3.8, 4) is 11.8 Å². The van der Waals surface area contributed by atoms with Crippen molar-refractivity contribution in [3.63, 3.8) is 0 Å². The molecular formula is C10H9FN2O. The van der Waals surface area contributed by atoms with Crippen LogP contribution in [-0.2, 0) is 0 Å². The third-order valence-corrected chi connectivity index (χ3v) is 2.32. The van der Waals surface area contributed by atoms with Gasteiger partial charge in [-0.2, -0.15) is 5.26 Å². The molecule has 0 saturated carbocycles. The number of hydrogen-bond acceptors (Lipinski definition) is 3. The van der Waals surface area contributed by atoms with Gasteiger partial charge in [0.25, 0.3) is 0 Å². The van der Waals surface area contributed by atoms with E-state index in [1.54, 1.807) is 12.1 Å². The average molecular weight is 192 g/mol. The van der Waals surface area contributed by atoms with Gasteiger partial charge in [0.1, 0.15) is 17.6 Å². The van der Waals surface area contributed by atoms with E-state index in [2.05, 4.69) is 0 Å². The molecule has 0 amide bonds. The van der Waals surface area contributed by atoms with Crippen LogP contribution in [0.3, 0.4) is 0 Å². The third kappa shape index (κ3) is 1.22. The van der Waals surface area contributed by atoms with Gasteiger partial charge in [-0.05, 0) is 12.1 Å². The summed E-state index contributed by atoms with van der Waals surface area (Å²) in [5.74, 6) is -0.0857. The zero-order valence-electron chi connectivity index (χ0n) is 7.46. The summed E-state index contributed by atoms with van der Waals surface area (Å²) in [6, 6.07) is 4.41. The minimum Gasteiger partial charge on any atom is -0.493 e. The van der Waals surface area contributed by atoms with Crippen LogP contribution in [0.25, 0.3) is 0 Å². The maximum Gasteiger partial charge on any atom is 0.149 e. The quantitative estimate of drug-likeness (QED) is 0.677. The number of ether oxygens (including phenoxy) is 1. The van der Waals surface area contributed by atoms with E-state index in [0.29, 0.717) is 24.3 Å². The zero-order valence-corrected chi connectivity index (χ0v) is 7.46. The lowest BCUT2D eigenvalue weighted by molar-refractivity contribution is 0.263. The Bertz CT molecular complexity index is 411. The van der Waals surface area contributed by atoms with Crippen LogP contribution in [-0.4, -0.2) is 6.61 Å². The molecule has 72 valence electrons. The summed E-state index contributed by atoms with van der Waals surface area (Å²) in [5, 5.41) is 8.63. The van der Waals surface area contributed by atoms with Crippen LogP contribution in [0, 0.1) is 17.1 Å². The van der Waals surface area contributed by atoms with Crippen molar-refractivity contribution in [3.05, 3.63) is 29.1 Å². The number of halogens is 1. The Balaban J connectivity index is 2.61. The van der Waals surface area contributed by atoms with Gasteiger partial charge in [-0.1, -0.05) is 0 Å². The second-order valence-electron chi connectivity index (χ2n) is 3.19. The standard InChI is InChI=1S/C10H9FN2O/c11-10-6(5-12)1-2-8-9(10)7(13)3-4-14-8/h1-2,7H,3-4,13H2/t7-/m1/s1. The molecule has 0 spiro atoms. The molecule has 0 unspecified atom stereocenters. The molecule has 3 nitrogen and oxygen atoms in total. The van der Waals surface area contributed by atoms with E-state index < -0.39 is 5.82 Å². The van der Waals surface area contributed by atoms with Crippen LogP contribution < -0.4 is 10.5 Å². The number of benzene rings is 1. The number of fused-ring (bicyclic) bond motifs is 1. The fraction of sp³-hybridized carbons (Fsp3) is 0.300. The predicted octanol–water partition coefficient (Wildman–Crippen LogP) is 1.48. The maximum absolute atomic E-state index is 13.6. The van der Waals surface area contributed by atoms with E-state index in [4.69, 9.17) is 15.7 Å². The van der Waals surface area contributed by atoms with Gasteiger partial charge in [0.2, 0.25) is 0 Å². The molecule has 0 aromatic heterocycles. The highest BCUT2D eigenvalue weighted by Crippen LogP contribution is 2.33. The van der Waals surface area contributed by atoms with Crippen LogP contribution in [0.5, 0.6) is 5.75 Å². The number of hydrogen-bond donors (Lipinski definition) is 1. The van der Waals surface area contributed by atoms with Crippen molar-refractivity contribution in [1.29, 1.82) is 5.26 Å². The average Bonchev–Trinajstić information content (AvgIpc) is 2.18. The van der Waals surface area contributed by atoms with Gasteiger partial charge in [-0.3, -0.25) is 0 Å². The van der Waals surface area contributed by atoms with Crippen molar-refractivity contribution in [2.45, 2.75) is 12.5 Å². The second kappa shape index (κ2) is 3.28. The molecule has 0 bridgehead atoms. The summed E-state index contributed by atoms with van der Waals surface area (Å²) in [6.45, 7) is 0.500. The van der Waals surface area contributed by atoms with Gasteiger partial charge in [0.05, 0.1) is 12.2 Å². The van der Waals surface area contributed by atoms with E-state index in [1.165, 1.54) is 6.07 Å². The summed E-state index contributed by atoms with van der Waals surface area (Å²) >= 11 is 0. The number of nitrogens with zero attached hydrogens (tertiary/aromatic N) is 1. The van der Waals surface area contributed by atoms with Crippen LogP contribution >= 0.6 is 0 Å². The Morgan fingerprint density at radius 3 is 3.07 bits per heavy atom. The van der Waals surface area contributed by atoms with Crippen LogP contribution in [0.15, 0.2) is 12.1 Å². The van der Waals surface area contributed by atoms with Crippen molar-refractivity contribution >= 4 is 0 Å². The van der Waals surface area contributed by atoms with E-state index in [-0.39, 0.29) is 11.6 Å². The van der Waals surface area contributed by atoms with Crippen LogP contribution in [0.4, 0.5) is 4.39 Å². The smallest absolute Gasteiger partial charge is 0.149 e. The molecule has 0 aliphatic carbocycles. The molecule has 2 N–H and O–H groups in total. The van der Waals surface area contributed by atoms with E-state index in [9.17, 15) is 4.39 Å². The lowest BCUT2D eigenvalue weighted by Crippen LogP contribution is -2.22. The summed E-state index contributed by atoms with van der Waals surface area (Å²) < 4.78 is 18.9. The molecule has 2 rings (SSSR count). The Hall–Kier alpha value is -1.60. The largest absolute Gasteiger partial charge is 0.493 e. The Morgan fingerprint density at radius 2 is 2.36 bits per heavy atom. The summed E-state index contributed by atoms with van der Waals surface area (Å²) in [7, 11) is 0. The molecule has 14 heavy (non-hydrogen) atoms. The molecule has 0 radical (unpaired) electrons. The van der Waals surface area contributed by atoms with E-state index in [0.717, 1.165) is 0 Å². The molecule has 1 aromatic rings. The molecule has 1 atom stereocenters. The Morgan fingerprint density at radius 1 is 1.57 bits per heavy atom. The SMILES string of the molecule is N#Cc1ccc2c(c1F)[C@H](N)CCO2. The summed E-state index contributed by atoms with van der Waals surface area (Å²) in [4.78, 5) is 0. The number of nitriles is 1.